The van der Waals surface area contributed by atoms with E-state index in [-0.39, 0.29) is 34.7 Å². The summed E-state index contributed by atoms with van der Waals surface area (Å²) in [7, 11) is 0. The molecule has 10 heteroatoms. The standard InChI is InChI=1S/C19H13F3N2O4S/c20-19(21,22)11-3-6-14-13(9-11)18(17(28)23-14)24(15(25)7-8-29-18)12-4-1-10(2-5-12)16(26)27/h1-6,9H,7-8H2,(H,23,28)(H,26,27). The number of benzene rings is 2. The molecule has 0 radical (unpaired) electrons. The largest absolute Gasteiger partial charge is 0.478 e. The Morgan fingerprint density at radius 2 is 1.83 bits per heavy atom. The maximum atomic E-state index is 13.3. The van der Waals surface area contributed by atoms with Crippen LogP contribution in [0.4, 0.5) is 24.5 Å². The molecular formula is C19H13F3N2O4S. The van der Waals surface area contributed by atoms with Gasteiger partial charge in [0.15, 0.2) is 0 Å². The SMILES string of the molecule is O=C(O)c1ccc(N2C(=O)CCSC23C(=O)Nc2ccc(C(F)(F)F)cc23)cc1. The summed E-state index contributed by atoms with van der Waals surface area (Å²) in [5.74, 6) is -1.96. The molecule has 0 aliphatic carbocycles. The lowest BCUT2D eigenvalue weighted by molar-refractivity contribution is -0.137. The molecule has 2 aromatic carbocycles. The van der Waals surface area contributed by atoms with Crippen molar-refractivity contribution in [2.75, 3.05) is 16.0 Å². The van der Waals surface area contributed by atoms with Gasteiger partial charge in [-0.3, -0.25) is 14.5 Å². The Balaban J connectivity index is 1.90. The second-order valence-corrected chi connectivity index (χ2v) is 7.82. The van der Waals surface area contributed by atoms with Crippen LogP contribution in [-0.2, 0) is 20.6 Å². The number of rotatable bonds is 2. The van der Waals surface area contributed by atoms with E-state index in [1.54, 1.807) is 0 Å². The topological polar surface area (TPSA) is 86.7 Å². The van der Waals surface area contributed by atoms with Crippen LogP contribution in [0.25, 0.3) is 0 Å². The van der Waals surface area contributed by atoms with Crippen LogP contribution < -0.4 is 10.2 Å². The van der Waals surface area contributed by atoms with Gasteiger partial charge in [-0.2, -0.15) is 13.2 Å². The van der Waals surface area contributed by atoms with Crippen LogP contribution in [0.5, 0.6) is 0 Å². The maximum Gasteiger partial charge on any atom is 0.416 e. The van der Waals surface area contributed by atoms with E-state index in [1.807, 2.05) is 0 Å². The number of fused-ring (bicyclic) bond motifs is 2. The van der Waals surface area contributed by atoms with E-state index in [4.69, 9.17) is 5.11 Å². The van der Waals surface area contributed by atoms with Crippen molar-refractivity contribution in [1.82, 2.24) is 0 Å². The van der Waals surface area contributed by atoms with Crippen molar-refractivity contribution in [2.45, 2.75) is 17.5 Å². The molecule has 4 rings (SSSR count). The van der Waals surface area contributed by atoms with Crippen LogP contribution in [0.3, 0.4) is 0 Å². The van der Waals surface area contributed by atoms with Gasteiger partial charge in [-0.05, 0) is 42.5 Å². The second-order valence-electron chi connectivity index (χ2n) is 6.54. The minimum Gasteiger partial charge on any atom is -0.478 e. The number of amides is 2. The zero-order chi connectivity index (χ0) is 21.0. The number of aromatic carboxylic acids is 1. The number of nitrogens with one attached hydrogen (secondary N) is 1. The van der Waals surface area contributed by atoms with Crippen LogP contribution in [0.1, 0.15) is 27.9 Å². The maximum absolute atomic E-state index is 13.3. The minimum absolute atomic E-state index is 0.0180. The Morgan fingerprint density at radius 1 is 1.14 bits per heavy atom. The highest BCUT2D eigenvalue weighted by molar-refractivity contribution is 8.01. The molecule has 150 valence electrons. The number of carbonyl (C=O) groups is 3. The highest BCUT2D eigenvalue weighted by Crippen LogP contribution is 2.53. The normalized spacial score (nSPS) is 21.3. The third-order valence-electron chi connectivity index (χ3n) is 4.83. The van der Waals surface area contributed by atoms with E-state index in [2.05, 4.69) is 5.32 Å². The highest BCUT2D eigenvalue weighted by atomic mass is 32.2. The summed E-state index contributed by atoms with van der Waals surface area (Å²) < 4.78 is 39.8. The van der Waals surface area contributed by atoms with Crippen LogP contribution in [0, 0.1) is 0 Å². The van der Waals surface area contributed by atoms with Gasteiger partial charge in [-0.1, -0.05) is 0 Å². The molecule has 2 N–H and O–H groups in total. The Kier molecular flexibility index (Phi) is 4.34. The number of hydrogen-bond acceptors (Lipinski definition) is 4. The van der Waals surface area contributed by atoms with Gasteiger partial charge in [0.25, 0.3) is 5.91 Å². The lowest BCUT2D eigenvalue weighted by Gasteiger charge is -2.42. The Bertz CT molecular complexity index is 1040. The summed E-state index contributed by atoms with van der Waals surface area (Å²) in [6.45, 7) is 0. The van der Waals surface area contributed by atoms with E-state index in [1.165, 1.54) is 30.3 Å². The molecule has 6 nitrogen and oxygen atoms in total. The molecule has 2 heterocycles. The Hall–Kier alpha value is -3.01. The molecular weight excluding hydrogens is 409 g/mol. The summed E-state index contributed by atoms with van der Waals surface area (Å²) >= 11 is 1.07. The van der Waals surface area contributed by atoms with E-state index in [0.717, 1.165) is 28.8 Å². The Labute approximate surface area is 166 Å². The number of carbonyl (C=O) groups excluding carboxylic acids is 2. The molecule has 2 aliphatic heterocycles. The molecule has 2 aromatic rings. The second kappa shape index (κ2) is 6.51. The highest BCUT2D eigenvalue weighted by Gasteiger charge is 2.56. The average Bonchev–Trinajstić information content (AvgIpc) is 2.93. The summed E-state index contributed by atoms with van der Waals surface area (Å²) in [5, 5.41) is 11.6. The first kappa shape index (κ1) is 19.3. The van der Waals surface area contributed by atoms with Crippen molar-refractivity contribution in [3.8, 4) is 0 Å². The lowest BCUT2D eigenvalue weighted by atomic mass is 10.0. The molecule has 2 aliphatic rings. The molecule has 29 heavy (non-hydrogen) atoms. The number of hydrogen-bond donors (Lipinski definition) is 2. The van der Waals surface area contributed by atoms with Gasteiger partial charge < -0.3 is 10.4 Å². The Morgan fingerprint density at radius 3 is 2.45 bits per heavy atom. The molecule has 2 amide bonds. The zero-order valence-electron chi connectivity index (χ0n) is 14.6. The van der Waals surface area contributed by atoms with Crippen LogP contribution >= 0.6 is 11.8 Å². The van der Waals surface area contributed by atoms with Crippen LogP contribution in [0.15, 0.2) is 42.5 Å². The molecule has 1 spiro atoms. The molecule has 1 fully saturated rings. The predicted molar refractivity (Wildman–Crippen MR) is 99.7 cm³/mol. The van der Waals surface area contributed by atoms with Gasteiger partial charge in [0.2, 0.25) is 10.8 Å². The summed E-state index contributed by atoms with van der Waals surface area (Å²) in [5.41, 5.74) is -0.454. The smallest absolute Gasteiger partial charge is 0.416 e. The lowest BCUT2D eigenvalue weighted by Crippen LogP contribution is -2.55. The third-order valence-corrected chi connectivity index (χ3v) is 6.25. The quantitative estimate of drug-likeness (QED) is 0.771. The molecule has 1 saturated heterocycles. The van der Waals surface area contributed by atoms with Crippen LogP contribution in [-0.4, -0.2) is 28.6 Å². The number of alkyl halides is 3. The minimum atomic E-state index is -4.61. The molecule has 1 atom stereocenters. The van der Waals surface area contributed by atoms with Gasteiger partial charge >= 0.3 is 12.1 Å². The number of thioether (sulfide) groups is 1. The van der Waals surface area contributed by atoms with Crippen molar-refractivity contribution in [1.29, 1.82) is 0 Å². The fourth-order valence-corrected chi connectivity index (χ4v) is 4.94. The van der Waals surface area contributed by atoms with Crippen molar-refractivity contribution < 1.29 is 32.7 Å². The van der Waals surface area contributed by atoms with Crippen molar-refractivity contribution >= 4 is 40.9 Å². The average molecular weight is 422 g/mol. The number of nitrogens with zero attached hydrogens (tertiary/aromatic N) is 1. The number of carboxylic acids is 1. The van der Waals surface area contributed by atoms with Gasteiger partial charge in [0, 0.05) is 29.1 Å². The monoisotopic (exact) mass is 422 g/mol. The number of halogens is 3. The first-order valence-corrected chi connectivity index (χ1v) is 9.47. The fraction of sp³-hybridized carbons (Fsp3) is 0.211. The zero-order valence-corrected chi connectivity index (χ0v) is 15.4. The van der Waals surface area contributed by atoms with E-state index < -0.39 is 34.4 Å². The van der Waals surface area contributed by atoms with Crippen LogP contribution in [0.2, 0.25) is 0 Å². The first-order chi connectivity index (χ1) is 13.6. The molecule has 0 bridgehead atoms. The van der Waals surface area contributed by atoms with Crippen molar-refractivity contribution in [3.05, 3.63) is 59.2 Å². The van der Waals surface area contributed by atoms with E-state index >= 15 is 0 Å². The van der Waals surface area contributed by atoms with Gasteiger partial charge in [0.05, 0.1) is 11.1 Å². The first-order valence-electron chi connectivity index (χ1n) is 8.48. The van der Waals surface area contributed by atoms with E-state index in [0.29, 0.717) is 0 Å². The van der Waals surface area contributed by atoms with Gasteiger partial charge in [-0.25, -0.2) is 4.79 Å². The van der Waals surface area contributed by atoms with E-state index in [9.17, 15) is 27.6 Å². The fourth-order valence-electron chi connectivity index (χ4n) is 3.52. The predicted octanol–water partition coefficient (Wildman–Crippen LogP) is 3.68. The van der Waals surface area contributed by atoms with Crippen molar-refractivity contribution in [2.24, 2.45) is 0 Å². The number of anilines is 2. The molecule has 0 aromatic heterocycles. The number of carboxylic acid groups (broad SMARTS) is 1. The van der Waals surface area contributed by atoms with Gasteiger partial charge in [-0.15, -0.1) is 11.8 Å². The van der Waals surface area contributed by atoms with Crippen molar-refractivity contribution in [3.63, 3.8) is 0 Å². The summed E-state index contributed by atoms with van der Waals surface area (Å²) in [4.78, 5) is 36.3. The molecule has 0 saturated carbocycles. The summed E-state index contributed by atoms with van der Waals surface area (Å²) in [6, 6.07) is 8.23. The summed E-state index contributed by atoms with van der Waals surface area (Å²) in [6.07, 6.45) is -4.52. The van der Waals surface area contributed by atoms with Gasteiger partial charge in [0.1, 0.15) is 0 Å². The molecule has 1 unspecified atom stereocenters. The third kappa shape index (κ3) is 2.94.